The molecule has 1 aromatic carbocycles. The molecule has 2 rings (SSSR count). The number of carbonyl (C=O) groups is 2. The van der Waals surface area contributed by atoms with E-state index in [4.69, 9.17) is 5.73 Å². The minimum atomic E-state index is -0.818. The number of primary amides is 1. The van der Waals surface area contributed by atoms with Crippen molar-refractivity contribution in [3.8, 4) is 5.69 Å². The van der Waals surface area contributed by atoms with Crippen molar-refractivity contribution in [1.82, 2.24) is 14.7 Å². The normalized spacial score (nSPS) is 13.1. The number of para-hydroxylation sites is 1. The van der Waals surface area contributed by atoms with Gasteiger partial charge in [0.15, 0.2) is 0 Å². The summed E-state index contributed by atoms with van der Waals surface area (Å²) in [6.07, 6.45) is 0.667. The van der Waals surface area contributed by atoms with Gasteiger partial charge in [-0.3, -0.25) is 14.3 Å². The number of nitrogens with two attached hydrogens (primary N) is 1. The SMILES string of the molecule is CC[C@@H](C)[C@@H](NC(N)=O)C(=O)Nc1c(C)n(C)n(-c2ccccc2)c1=O. The molecule has 2 atom stereocenters. The third kappa shape index (κ3) is 3.79. The van der Waals surface area contributed by atoms with Crippen LogP contribution in [0.4, 0.5) is 10.5 Å². The van der Waals surface area contributed by atoms with E-state index < -0.39 is 18.0 Å². The molecular formula is C18H25N5O3. The van der Waals surface area contributed by atoms with Crippen molar-refractivity contribution < 1.29 is 9.59 Å². The lowest BCUT2D eigenvalue weighted by atomic mass is 9.98. The quantitative estimate of drug-likeness (QED) is 0.727. The molecule has 3 amide bonds. The van der Waals surface area contributed by atoms with E-state index in [-0.39, 0.29) is 17.2 Å². The average Bonchev–Trinajstić information content (AvgIpc) is 2.83. The zero-order valence-electron chi connectivity index (χ0n) is 15.4. The highest BCUT2D eigenvalue weighted by atomic mass is 16.2. The lowest BCUT2D eigenvalue weighted by molar-refractivity contribution is -0.119. The monoisotopic (exact) mass is 359 g/mol. The second kappa shape index (κ2) is 7.90. The molecule has 0 aliphatic heterocycles. The Morgan fingerprint density at radius 1 is 1.23 bits per heavy atom. The van der Waals surface area contributed by atoms with Crippen molar-refractivity contribution >= 4 is 17.6 Å². The van der Waals surface area contributed by atoms with Gasteiger partial charge in [0.1, 0.15) is 11.7 Å². The minimum Gasteiger partial charge on any atom is -0.352 e. The van der Waals surface area contributed by atoms with Gasteiger partial charge in [-0.2, -0.15) is 0 Å². The first kappa shape index (κ1) is 19.3. The molecule has 8 heteroatoms. The molecule has 0 bridgehead atoms. The van der Waals surface area contributed by atoms with E-state index in [2.05, 4.69) is 10.6 Å². The van der Waals surface area contributed by atoms with Crippen molar-refractivity contribution in [1.29, 1.82) is 0 Å². The predicted octanol–water partition coefficient (Wildman–Crippen LogP) is 1.51. The number of amides is 3. The molecule has 0 radical (unpaired) electrons. The lowest BCUT2D eigenvalue weighted by Crippen LogP contribution is -2.50. The first-order valence-corrected chi connectivity index (χ1v) is 8.48. The molecule has 1 aromatic heterocycles. The van der Waals surface area contributed by atoms with Gasteiger partial charge >= 0.3 is 6.03 Å². The molecule has 0 aliphatic rings. The van der Waals surface area contributed by atoms with Crippen molar-refractivity contribution in [2.24, 2.45) is 18.7 Å². The first-order chi connectivity index (χ1) is 12.3. The van der Waals surface area contributed by atoms with Gasteiger partial charge in [0.05, 0.1) is 11.4 Å². The Kier molecular flexibility index (Phi) is 5.86. The van der Waals surface area contributed by atoms with Gasteiger partial charge in [-0.1, -0.05) is 38.5 Å². The maximum Gasteiger partial charge on any atom is 0.312 e. The molecule has 1 heterocycles. The highest BCUT2D eigenvalue weighted by Crippen LogP contribution is 2.16. The molecule has 4 N–H and O–H groups in total. The summed E-state index contributed by atoms with van der Waals surface area (Å²) in [5.41, 5.74) is 6.32. The van der Waals surface area contributed by atoms with Crippen LogP contribution in [0.25, 0.3) is 5.69 Å². The van der Waals surface area contributed by atoms with Crippen molar-refractivity contribution in [2.75, 3.05) is 5.32 Å². The van der Waals surface area contributed by atoms with E-state index in [1.807, 2.05) is 44.2 Å². The van der Waals surface area contributed by atoms with Crippen LogP contribution in [0.5, 0.6) is 0 Å². The Bertz CT molecular complexity index is 854. The highest BCUT2D eigenvalue weighted by Gasteiger charge is 2.27. The predicted molar refractivity (Wildman–Crippen MR) is 100 cm³/mol. The number of rotatable bonds is 6. The van der Waals surface area contributed by atoms with E-state index in [0.717, 1.165) is 0 Å². The summed E-state index contributed by atoms with van der Waals surface area (Å²) in [5, 5.41) is 5.12. The number of nitrogens with one attached hydrogen (secondary N) is 2. The molecule has 140 valence electrons. The second-order valence-corrected chi connectivity index (χ2v) is 6.30. The summed E-state index contributed by atoms with van der Waals surface area (Å²) in [7, 11) is 1.74. The summed E-state index contributed by atoms with van der Waals surface area (Å²) in [6, 6.07) is 7.54. The number of urea groups is 1. The Balaban J connectivity index is 2.39. The fourth-order valence-corrected chi connectivity index (χ4v) is 2.77. The number of aromatic nitrogens is 2. The van der Waals surface area contributed by atoms with Crippen molar-refractivity contribution in [2.45, 2.75) is 33.2 Å². The van der Waals surface area contributed by atoms with E-state index in [1.54, 1.807) is 18.7 Å². The van der Waals surface area contributed by atoms with Gasteiger partial charge in [-0.25, -0.2) is 9.48 Å². The van der Waals surface area contributed by atoms with E-state index >= 15 is 0 Å². The van der Waals surface area contributed by atoms with Crippen molar-refractivity contribution in [3.63, 3.8) is 0 Å². The van der Waals surface area contributed by atoms with Crippen LogP contribution in [0.3, 0.4) is 0 Å². The van der Waals surface area contributed by atoms with Gasteiger partial charge in [0.25, 0.3) is 5.56 Å². The zero-order valence-corrected chi connectivity index (χ0v) is 15.4. The third-order valence-electron chi connectivity index (χ3n) is 4.60. The van der Waals surface area contributed by atoms with Gasteiger partial charge < -0.3 is 16.4 Å². The highest BCUT2D eigenvalue weighted by molar-refractivity contribution is 5.97. The fraction of sp³-hybridized carbons (Fsp3) is 0.389. The third-order valence-corrected chi connectivity index (χ3v) is 4.60. The molecule has 2 aromatic rings. The Hall–Kier alpha value is -3.03. The maximum atomic E-state index is 12.8. The minimum absolute atomic E-state index is 0.136. The molecule has 0 fully saturated rings. The van der Waals surface area contributed by atoms with Crippen LogP contribution in [0.2, 0.25) is 0 Å². The lowest BCUT2D eigenvalue weighted by Gasteiger charge is -2.22. The van der Waals surface area contributed by atoms with Gasteiger partial charge in [-0.15, -0.1) is 0 Å². The number of carbonyl (C=O) groups excluding carboxylic acids is 2. The van der Waals surface area contributed by atoms with E-state index in [9.17, 15) is 14.4 Å². The second-order valence-electron chi connectivity index (χ2n) is 6.30. The number of benzene rings is 1. The molecule has 8 nitrogen and oxygen atoms in total. The van der Waals surface area contributed by atoms with E-state index in [0.29, 0.717) is 17.8 Å². The summed E-state index contributed by atoms with van der Waals surface area (Å²) >= 11 is 0. The van der Waals surface area contributed by atoms with Crippen LogP contribution in [0.1, 0.15) is 26.0 Å². The van der Waals surface area contributed by atoms with Gasteiger partial charge in [0, 0.05) is 7.05 Å². The largest absolute Gasteiger partial charge is 0.352 e. The summed E-state index contributed by atoms with van der Waals surface area (Å²) < 4.78 is 3.15. The van der Waals surface area contributed by atoms with Crippen LogP contribution < -0.4 is 21.9 Å². The maximum absolute atomic E-state index is 12.8. The molecule has 0 unspecified atom stereocenters. The number of nitrogens with zero attached hydrogens (tertiary/aromatic N) is 2. The van der Waals surface area contributed by atoms with Crippen LogP contribution in [0, 0.1) is 12.8 Å². The Morgan fingerprint density at radius 2 is 1.85 bits per heavy atom. The van der Waals surface area contributed by atoms with Crippen LogP contribution in [-0.2, 0) is 11.8 Å². The molecule has 0 saturated heterocycles. The van der Waals surface area contributed by atoms with Gasteiger partial charge in [0.2, 0.25) is 5.91 Å². The van der Waals surface area contributed by atoms with Crippen LogP contribution in [-0.4, -0.2) is 27.3 Å². The molecule has 26 heavy (non-hydrogen) atoms. The summed E-state index contributed by atoms with van der Waals surface area (Å²) in [4.78, 5) is 36.7. The smallest absolute Gasteiger partial charge is 0.312 e. The van der Waals surface area contributed by atoms with Gasteiger partial charge in [-0.05, 0) is 25.0 Å². The number of hydrogen-bond acceptors (Lipinski definition) is 3. The molecule has 0 spiro atoms. The van der Waals surface area contributed by atoms with E-state index in [1.165, 1.54) is 4.68 Å². The number of anilines is 1. The summed E-state index contributed by atoms with van der Waals surface area (Å²) in [6.45, 7) is 5.49. The Labute approximate surface area is 152 Å². The number of hydrogen-bond donors (Lipinski definition) is 3. The van der Waals surface area contributed by atoms with Crippen molar-refractivity contribution in [3.05, 3.63) is 46.4 Å². The first-order valence-electron chi connectivity index (χ1n) is 8.48. The Morgan fingerprint density at radius 3 is 2.38 bits per heavy atom. The average molecular weight is 359 g/mol. The zero-order chi connectivity index (χ0) is 19.4. The van der Waals surface area contributed by atoms with Crippen LogP contribution >= 0.6 is 0 Å². The fourth-order valence-electron chi connectivity index (χ4n) is 2.77. The molecule has 0 saturated carbocycles. The molecular weight excluding hydrogens is 334 g/mol. The summed E-state index contributed by atoms with van der Waals surface area (Å²) in [5.74, 6) is -0.605. The van der Waals surface area contributed by atoms with Crippen LogP contribution in [0.15, 0.2) is 35.1 Å². The topological polar surface area (TPSA) is 111 Å². The standard InChI is InChI=1S/C18H25N5O3/c1-5-11(2)14(21-18(19)26)16(24)20-15-12(3)22(4)23(17(15)25)13-9-7-6-8-10-13/h6-11,14H,5H2,1-4H3,(H,20,24)(H3,19,21,26)/t11-,14-/m1/s1. The molecule has 0 aliphatic carbocycles.